The Labute approximate surface area is 60.3 Å². The summed E-state index contributed by atoms with van der Waals surface area (Å²) >= 11 is 0. The molecule has 0 aliphatic rings. The second-order valence-electron chi connectivity index (χ2n) is 0.519. The summed E-state index contributed by atoms with van der Waals surface area (Å²) in [5.41, 5.74) is 0. The molecule has 0 aliphatic carbocycles. The van der Waals surface area contributed by atoms with Gasteiger partial charge in [0, 0.05) is 6.92 Å². The summed E-state index contributed by atoms with van der Waals surface area (Å²) in [7, 11) is 0. The normalized spacial score (nSPS) is 3.57. The van der Waals surface area contributed by atoms with Crippen molar-refractivity contribution < 1.29 is 23.7 Å². The molecule has 0 heterocycles. The number of carbonyl (C=O) groups is 1. The summed E-state index contributed by atoms with van der Waals surface area (Å²) in [5, 5.41) is 7.42. The molecule has 0 fully saturated rings. The van der Waals surface area contributed by atoms with Crippen LogP contribution in [0.1, 0.15) is 9.78 Å². The Morgan fingerprint density at radius 1 is 1.57 bits per heavy atom. The first kappa shape index (κ1) is 27.2. The quantitative estimate of drug-likeness (QED) is 0.387. The van der Waals surface area contributed by atoms with E-state index in [0.717, 1.165) is 6.92 Å². The van der Waals surface area contributed by atoms with Gasteiger partial charge in [-0.25, -0.2) is 0 Å². The van der Waals surface area contributed by atoms with Gasteiger partial charge in [0.2, 0.25) is 0 Å². The van der Waals surface area contributed by atoms with Crippen LogP contribution in [0.3, 0.4) is 0 Å². The molecule has 0 saturated carbocycles. The van der Waals surface area contributed by atoms with Crippen molar-refractivity contribution in [3.8, 4) is 0 Å². The fourth-order valence-corrected chi connectivity index (χ4v) is 0. The standard InChI is InChI=1S/C2H4O2.Mg.2H2O.2H/c1-2(3)4;;;;;/h1H3,(H,3,4);;2*1H2;;/q;+2;;;2*-1. The van der Waals surface area contributed by atoms with Crippen LogP contribution in [0.15, 0.2) is 0 Å². The van der Waals surface area contributed by atoms with E-state index in [2.05, 4.69) is 0 Å². The zero-order chi connectivity index (χ0) is 3.58. The van der Waals surface area contributed by atoms with E-state index in [1.165, 1.54) is 0 Å². The Morgan fingerprint density at radius 3 is 1.57 bits per heavy atom. The van der Waals surface area contributed by atoms with E-state index in [-0.39, 0.29) is 36.9 Å². The molecule has 44 valence electrons. The van der Waals surface area contributed by atoms with E-state index in [9.17, 15) is 0 Å². The van der Waals surface area contributed by atoms with E-state index in [1.54, 1.807) is 0 Å². The van der Waals surface area contributed by atoms with Crippen molar-refractivity contribution in [2.24, 2.45) is 0 Å². The molecule has 0 spiro atoms. The summed E-state index contributed by atoms with van der Waals surface area (Å²) < 4.78 is 0. The maximum atomic E-state index is 9.00. The van der Waals surface area contributed by atoms with Gasteiger partial charge in [0.25, 0.3) is 5.97 Å². The zero-order valence-electron chi connectivity index (χ0n) is 6.06. The van der Waals surface area contributed by atoms with Gasteiger partial charge in [-0.05, 0) is 0 Å². The van der Waals surface area contributed by atoms with Crippen molar-refractivity contribution in [2.75, 3.05) is 0 Å². The topological polar surface area (TPSA) is 100 Å². The van der Waals surface area contributed by atoms with E-state index >= 15 is 0 Å². The fourth-order valence-electron chi connectivity index (χ4n) is 0. The first-order valence-electron chi connectivity index (χ1n) is 0.928. The average Bonchev–Trinajstić information content (AvgIpc) is 0.811. The summed E-state index contributed by atoms with van der Waals surface area (Å²) in [5.74, 6) is -0.833. The second kappa shape index (κ2) is 16.4. The van der Waals surface area contributed by atoms with Gasteiger partial charge >= 0.3 is 23.1 Å². The third kappa shape index (κ3) is 4360. The van der Waals surface area contributed by atoms with E-state index < -0.39 is 5.97 Å². The van der Waals surface area contributed by atoms with Crippen LogP contribution in [-0.4, -0.2) is 45.1 Å². The van der Waals surface area contributed by atoms with E-state index in [1.807, 2.05) is 0 Å². The molecule has 0 rings (SSSR count). The average molecular weight is 122 g/mol. The van der Waals surface area contributed by atoms with Gasteiger partial charge in [0.15, 0.2) is 0 Å². The fraction of sp³-hybridized carbons (Fsp3) is 0.500. The number of carboxylic acid groups (broad SMARTS) is 1. The summed E-state index contributed by atoms with van der Waals surface area (Å²) in [6.07, 6.45) is 0. The first-order chi connectivity index (χ1) is 1.73. The third-order valence-electron chi connectivity index (χ3n) is 0. The molecule has 5 N–H and O–H groups in total. The van der Waals surface area contributed by atoms with Crippen molar-refractivity contribution in [3.05, 3.63) is 0 Å². The van der Waals surface area contributed by atoms with E-state index in [0.29, 0.717) is 0 Å². The van der Waals surface area contributed by atoms with Crippen LogP contribution in [0.5, 0.6) is 0 Å². The molecule has 0 saturated heterocycles. The van der Waals surface area contributed by atoms with Crippen LogP contribution < -0.4 is 0 Å². The first-order valence-corrected chi connectivity index (χ1v) is 0.928. The molecule has 0 aliphatic heterocycles. The number of hydrogen-bond donors (Lipinski definition) is 1. The molecule has 5 heteroatoms. The van der Waals surface area contributed by atoms with Gasteiger partial charge in [0.05, 0.1) is 0 Å². The number of carboxylic acids is 1. The van der Waals surface area contributed by atoms with Crippen molar-refractivity contribution in [3.63, 3.8) is 0 Å². The van der Waals surface area contributed by atoms with Crippen molar-refractivity contribution in [2.45, 2.75) is 6.92 Å². The molecular formula is C2H10MgO4. The maximum absolute atomic E-state index is 9.00. The molecule has 4 nitrogen and oxygen atoms in total. The molecule has 0 unspecified atom stereocenters. The summed E-state index contributed by atoms with van der Waals surface area (Å²) in [6, 6.07) is 0. The Balaban J connectivity index is -0.00000000450. The minimum Gasteiger partial charge on any atom is -1.00 e. The predicted molar refractivity (Wildman–Crippen MR) is 28.5 cm³/mol. The largest absolute Gasteiger partial charge is 2.00 e. The van der Waals surface area contributed by atoms with Crippen molar-refractivity contribution in [1.82, 2.24) is 0 Å². The molecular weight excluding hydrogens is 112 g/mol. The molecule has 7 heavy (non-hydrogen) atoms. The van der Waals surface area contributed by atoms with Gasteiger partial charge in [-0.3, -0.25) is 4.79 Å². The van der Waals surface area contributed by atoms with Crippen LogP contribution in [0, 0.1) is 0 Å². The van der Waals surface area contributed by atoms with Crippen molar-refractivity contribution >= 4 is 29.0 Å². The molecule has 0 aromatic rings. The Kier molecular flexibility index (Phi) is 63.9. The van der Waals surface area contributed by atoms with Crippen LogP contribution in [0.4, 0.5) is 0 Å². The Morgan fingerprint density at radius 2 is 1.57 bits per heavy atom. The third-order valence-corrected chi connectivity index (χ3v) is 0. The van der Waals surface area contributed by atoms with Gasteiger partial charge in [-0.2, -0.15) is 0 Å². The molecule has 0 radical (unpaired) electrons. The van der Waals surface area contributed by atoms with Crippen LogP contribution >= 0.6 is 0 Å². The minimum atomic E-state index is -0.833. The van der Waals surface area contributed by atoms with Crippen molar-refractivity contribution in [1.29, 1.82) is 0 Å². The second-order valence-corrected chi connectivity index (χ2v) is 0.519. The van der Waals surface area contributed by atoms with Crippen LogP contribution in [0.25, 0.3) is 0 Å². The molecule has 0 bridgehead atoms. The SMILES string of the molecule is CC(=O)O.O.O.[H-].[H-].[Mg+2]. The smallest absolute Gasteiger partial charge is 1.00 e. The van der Waals surface area contributed by atoms with Gasteiger partial charge in [0.1, 0.15) is 0 Å². The zero-order valence-corrected chi connectivity index (χ0v) is 5.48. The van der Waals surface area contributed by atoms with Gasteiger partial charge in [-0.1, -0.05) is 0 Å². The molecule has 0 amide bonds. The molecule has 0 aromatic carbocycles. The van der Waals surface area contributed by atoms with Gasteiger partial charge in [-0.15, -0.1) is 0 Å². The maximum Gasteiger partial charge on any atom is 2.00 e. The summed E-state index contributed by atoms with van der Waals surface area (Å²) in [6.45, 7) is 1.08. The number of rotatable bonds is 0. The predicted octanol–water partition coefficient (Wildman–Crippen LogP) is -1.71. The number of aliphatic carboxylic acids is 1. The minimum absolute atomic E-state index is 0. The number of hydrogen-bond acceptors (Lipinski definition) is 1. The van der Waals surface area contributed by atoms with E-state index in [4.69, 9.17) is 9.90 Å². The molecule has 0 atom stereocenters. The molecule has 0 aromatic heterocycles. The Hall–Kier alpha value is 0.156. The summed E-state index contributed by atoms with van der Waals surface area (Å²) in [4.78, 5) is 9.00. The monoisotopic (exact) mass is 122 g/mol. The van der Waals surface area contributed by atoms with Crippen LogP contribution in [-0.2, 0) is 4.79 Å². The Bertz CT molecular complexity index is 39.5. The van der Waals surface area contributed by atoms with Crippen LogP contribution in [0.2, 0.25) is 0 Å². The van der Waals surface area contributed by atoms with Gasteiger partial charge < -0.3 is 18.9 Å².